The van der Waals surface area contributed by atoms with Crippen molar-refractivity contribution in [3.05, 3.63) is 33.9 Å². The van der Waals surface area contributed by atoms with E-state index in [0.29, 0.717) is 6.07 Å². The predicted molar refractivity (Wildman–Crippen MR) is 78.9 cm³/mol. The van der Waals surface area contributed by atoms with Crippen molar-refractivity contribution in [2.45, 2.75) is 13.1 Å². The van der Waals surface area contributed by atoms with E-state index in [0.717, 1.165) is 12.1 Å². The first-order valence-corrected chi connectivity index (χ1v) is 7.26. The topological polar surface area (TPSA) is 75.9 Å². The molecule has 0 spiro atoms. The second-order valence-electron chi connectivity index (χ2n) is 5.13. The zero-order chi connectivity index (χ0) is 17.9. The molecule has 0 bridgehead atoms. The van der Waals surface area contributed by atoms with Gasteiger partial charge in [-0.25, -0.2) is 4.79 Å². The van der Waals surface area contributed by atoms with Crippen LogP contribution in [0.15, 0.2) is 18.2 Å². The smallest absolute Gasteiger partial charge is 0.416 e. The van der Waals surface area contributed by atoms with Crippen LogP contribution in [0.3, 0.4) is 0 Å². The highest BCUT2D eigenvalue weighted by atomic mass is 19.4. The number of rotatable bonds is 3. The summed E-state index contributed by atoms with van der Waals surface area (Å²) < 4.78 is 43.0. The first-order chi connectivity index (χ1) is 11.2. The van der Waals surface area contributed by atoms with Crippen molar-refractivity contribution in [1.29, 1.82) is 0 Å². The SMILES string of the molecule is CCOC(=O)N1CCN(c2ccc(C(F)(F)F)cc2[N+](=O)[O-])CC1. The molecule has 7 nitrogen and oxygen atoms in total. The molecule has 1 saturated heterocycles. The summed E-state index contributed by atoms with van der Waals surface area (Å²) in [7, 11) is 0. The number of halogens is 3. The number of nitro benzene ring substituents is 1. The molecule has 1 aliphatic rings. The van der Waals surface area contributed by atoms with Gasteiger partial charge >= 0.3 is 12.3 Å². The largest absolute Gasteiger partial charge is 0.450 e. The third-order valence-electron chi connectivity index (χ3n) is 3.65. The van der Waals surface area contributed by atoms with Gasteiger partial charge in [0.25, 0.3) is 5.69 Å². The molecule has 1 aromatic rings. The van der Waals surface area contributed by atoms with Crippen molar-refractivity contribution in [3.63, 3.8) is 0 Å². The summed E-state index contributed by atoms with van der Waals surface area (Å²) in [5.74, 6) is 0. The minimum atomic E-state index is -4.65. The molecule has 0 saturated carbocycles. The van der Waals surface area contributed by atoms with Crippen LogP contribution in [0.25, 0.3) is 0 Å². The van der Waals surface area contributed by atoms with Gasteiger partial charge in [0.1, 0.15) is 5.69 Å². The van der Waals surface area contributed by atoms with Gasteiger partial charge in [0.2, 0.25) is 0 Å². The molecule has 1 amide bonds. The molecule has 10 heteroatoms. The van der Waals surface area contributed by atoms with Gasteiger partial charge in [-0.2, -0.15) is 13.2 Å². The fraction of sp³-hybridized carbons (Fsp3) is 0.500. The zero-order valence-electron chi connectivity index (χ0n) is 12.9. The Morgan fingerprint density at radius 1 is 1.29 bits per heavy atom. The van der Waals surface area contributed by atoms with Gasteiger partial charge in [0, 0.05) is 32.2 Å². The lowest BCUT2D eigenvalue weighted by atomic mass is 10.1. The number of hydrogen-bond donors (Lipinski definition) is 0. The highest BCUT2D eigenvalue weighted by molar-refractivity contribution is 5.69. The van der Waals surface area contributed by atoms with E-state index in [1.54, 1.807) is 11.8 Å². The van der Waals surface area contributed by atoms with Gasteiger partial charge in [-0.05, 0) is 19.1 Å². The van der Waals surface area contributed by atoms with Gasteiger partial charge in [-0.1, -0.05) is 0 Å². The molecule has 0 atom stereocenters. The van der Waals surface area contributed by atoms with Gasteiger partial charge in [0.15, 0.2) is 0 Å². The molecule has 1 heterocycles. The van der Waals surface area contributed by atoms with Crippen LogP contribution >= 0.6 is 0 Å². The maximum Gasteiger partial charge on any atom is 0.416 e. The first-order valence-electron chi connectivity index (χ1n) is 7.26. The Balaban J connectivity index is 2.18. The standard InChI is InChI=1S/C14H16F3N3O4/c1-2-24-13(21)19-7-5-18(6-8-19)11-4-3-10(14(15,16)17)9-12(11)20(22)23/h3-4,9H,2,5-8H2,1H3. The molecule has 0 unspecified atom stereocenters. The Bertz CT molecular complexity index is 628. The Hall–Kier alpha value is -2.52. The number of alkyl halides is 3. The van der Waals surface area contributed by atoms with Crippen molar-refractivity contribution < 1.29 is 27.6 Å². The molecule has 0 radical (unpaired) electrons. The van der Waals surface area contributed by atoms with Crippen molar-refractivity contribution in [3.8, 4) is 0 Å². The maximum absolute atomic E-state index is 12.7. The number of nitrogens with zero attached hydrogens (tertiary/aromatic N) is 3. The number of nitro groups is 1. The Morgan fingerprint density at radius 3 is 2.42 bits per heavy atom. The highest BCUT2D eigenvalue weighted by Gasteiger charge is 2.34. The van der Waals surface area contributed by atoms with Gasteiger partial charge in [-0.15, -0.1) is 0 Å². The minimum Gasteiger partial charge on any atom is -0.450 e. The molecular weight excluding hydrogens is 331 g/mol. The van der Waals surface area contributed by atoms with Crippen molar-refractivity contribution >= 4 is 17.5 Å². The maximum atomic E-state index is 12.7. The van der Waals surface area contributed by atoms with Crippen LogP contribution < -0.4 is 4.90 Å². The number of ether oxygens (including phenoxy) is 1. The summed E-state index contributed by atoms with van der Waals surface area (Å²) in [5, 5.41) is 11.1. The van der Waals surface area contributed by atoms with E-state index in [4.69, 9.17) is 4.74 Å². The molecule has 1 aliphatic heterocycles. The lowest BCUT2D eigenvalue weighted by molar-refractivity contribution is -0.384. The molecule has 132 valence electrons. The van der Waals surface area contributed by atoms with Crippen LogP contribution in [0.1, 0.15) is 12.5 Å². The summed E-state index contributed by atoms with van der Waals surface area (Å²) in [6.07, 6.45) is -5.12. The molecular formula is C14H16F3N3O4. The van der Waals surface area contributed by atoms with Crippen LogP contribution in [0, 0.1) is 10.1 Å². The molecule has 1 fully saturated rings. The lowest BCUT2D eigenvalue weighted by Crippen LogP contribution is -2.49. The van der Waals surface area contributed by atoms with Crippen LogP contribution in [0.5, 0.6) is 0 Å². The fourth-order valence-corrected chi connectivity index (χ4v) is 2.46. The molecule has 0 aliphatic carbocycles. The monoisotopic (exact) mass is 347 g/mol. The minimum absolute atomic E-state index is 0.108. The van der Waals surface area contributed by atoms with Crippen molar-refractivity contribution in [2.24, 2.45) is 0 Å². The first kappa shape index (κ1) is 17.8. The normalized spacial score (nSPS) is 15.3. The highest BCUT2D eigenvalue weighted by Crippen LogP contribution is 2.36. The van der Waals surface area contributed by atoms with Crippen LogP contribution in [-0.2, 0) is 10.9 Å². The van der Waals surface area contributed by atoms with Crippen molar-refractivity contribution in [2.75, 3.05) is 37.7 Å². The van der Waals surface area contributed by atoms with E-state index in [2.05, 4.69) is 0 Å². The second-order valence-corrected chi connectivity index (χ2v) is 5.13. The van der Waals surface area contributed by atoms with Gasteiger partial charge in [0.05, 0.1) is 17.1 Å². The van der Waals surface area contributed by atoms with Gasteiger partial charge in [-0.3, -0.25) is 10.1 Å². The number of amides is 1. The second kappa shape index (κ2) is 6.93. The summed E-state index contributed by atoms with van der Waals surface area (Å²) in [6, 6.07) is 2.45. The number of benzene rings is 1. The average Bonchev–Trinajstić information content (AvgIpc) is 2.53. The van der Waals surface area contributed by atoms with E-state index in [9.17, 15) is 28.1 Å². The number of hydrogen-bond acceptors (Lipinski definition) is 5. The number of carbonyl (C=O) groups excluding carboxylic acids is 1. The molecule has 0 N–H and O–H groups in total. The van der Waals surface area contributed by atoms with E-state index >= 15 is 0 Å². The van der Waals surface area contributed by atoms with Gasteiger partial charge < -0.3 is 14.5 Å². The van der Waals surface area contributed by atoms with Crippen molar-refractivity contribution in [1.82, 2.24) is 4.90 Å². The van der Waals surface area contributed by atoms with E-state index in [1.165, 1.54) is 4.90 Å². The predicted octanol–water partition coefficient (Wildman–Crippen LogP) is 2.89. The summed E-state index contributed by atoms with van der Waals surface area (Å²) in [5.41, 5.74) is -1.56. The summed E-state index contributed by atoms with van der Waals surface area (Å²) in [4.78, 5) is 25.0. The lowest BCUT2D eigenvalue weighted by Gasteiger charge is -2.35. The Kier molecular flexibility index (Phi) is 5.15. The third kappa shape index (κ3) is 3.87. The van der Waals surface area contributed by atoms with E-state index in [-0.39, 0.29) is 38.5 Å². The van der Waals surface area contributed by atoms with E-state index < -0.39 is 28.4 Å². The third-order valence-corrected chi connectivity index (χ3v) is 3.65. The molecule has 24 heavy (non-hydrogen) atoms. The molecule has 1 aromatic carbocycles. The van der Waals surface area contributed by atoms with Crippen LogP contribution in [-0.4, -0.2) is 48.7 Å². The van der Waals surface area contributed by atoms with E-state index in [1.807, 2.05) is 0 Å². The van der Waals surface area contributed by atoms with Crippen LogP contribution in [0.2, 0.25) is 0 Å². The zero-order valence-corrected chi connectivity index (χ0v) is 12.9. The summed E-state index contributed by atoms with van der Waals surface area (Å²) >= 11 is 0. The Morgan fingerprint density at radius 2 is 1.92 bits per heavy atom. The molecule has 2 rings (SSSR count). The quantitative estimate of drug-likeness (QED) is 0.621. The van der Waals surface area contributed by atoms with Crippen LogP contribution in [0.4, 0.5) is 29.3 Å². The fourth-order valence-electron chi connectivity index (χ4n) is 2.46. The number of carbonyl (C=O) groups is 1. The number of anilines is 1. The summed E-state index contributed by atoms with van der Waals surface area (Å²) in [6.45, 7) is 3.01. The number of piperazine rings is 1. The molecule has 0 aromatic heterocycles. The Labute approximate surface area is 135 Å². The average molecular weight is 347 g/mol.